The number of aliphatic hydroxyl groups excluding tert-OH is 1. The van der Waals surface area contributed by atoms with E-state index in [1.165, 1.54) is 13.4 Å². The molecule has 0 fully saturated rings. The lowest BCUT2D eigenvalue weighted by Gasteiger charge is -2.20. The van der Waals surface area contributed by atoms with Crippen molar-refractivity contribution in [3.63, 3.8) is 0 Å². The van der Waals surface area contributed by atoms with Gasteiger partial charge in [0.2, 0.25) is 0 Å². The largest absolute Gasteiger partial charge is 0.493 e. The Hall–Kier alpha value is -2.25. The van der Waals surface area contributed by atoms with E-state index in [-0.39, 0.29) is 17.7 Å². The molecule has 7 heteroatoms. The molecule has 2 atom stereocenters. The van der Waals surface area contributed by atoms with Crippen LogP contribution in [0.5, 0.6) is 11.6 Å². The lowest BCUT2D eigenvalue weighted by molar-refractivity contribution is 0.172. The summed E-state index contributed by atoms with van der Waals surface area (Å²) in [7, 11) is 5.28. The molecule has 0 radical (unpaired) electrons. The van der Waals surface area contributed by atoms with Crippen molar-refractivity contribution in [3.05, 3.63) is 42.1 Å². The molecule has 1 N–H and O–H groups in total. The van der Waals surface area contributed by atoms with E-state index in [4.69, 9.17) is 18.4 Å². The summed E-state index contributed by atoms with van der Waals surface area (Å²) in [6, 6.07) is 1.36. The minimum Gasteiger partial charge on any atom is -0.493 e. The molecule has 2 aromatic heterocycles. The predicted octanol–water partition coefficient (Wildman–Crippen LogP) is 3.33. The maximum absolute atomic E-state index is 10.9. The summed E-state index contributed by atoms with van der Waals surface area (Å²) in [5.41, 5.74) is 0.419. The van der Waals surface area contributed by atoms with Crippen LogP contribution in [0.1, 0.15) is 49.0 Å². The van der Waals surface area contributed by atoms with E-state index in [1.54, 1.807) is 12.1 Å². The zero-order chi connectivity index (χ0) is 18.4. The second-order valence-electron chi connectivity index (χ2n) is 5.87. The van der Waals surface area contributed by atoms with Gasteiger partial charge in [0.1, 0.15) is 6.10 Å². The van der Waals surface area contributed by atoms with Crippen LogP contribution in [0.2, 0.25) is 0 Å². The number of hydrogen-bond donors (Lipinski definition) is 1. The van der Waals surface area contributed by atoms with E-state index in [2.05, 4.69) is 18.7 Å². The Morgan fingerprint density at radius 3 is 2.76 bits per heavy atom. The molecule has 0 saturated carbocycles. The fourth-order valence-corrected chi connectivity index (χ4v) is 2.54. The molecule has 0 saturated heterocycles. The third-order valence-corrected chi connectivity index (χ3v) is 3.91. The van der Waals surface area contributed by atoms with Gasteiger partial charge in [-0.15, -0.1) is 6.58 Å². The quantitative estimate of drug-likeness (QED) is 0.520. The van der Waals surface area contributed by atoms with Crippen LogP contribution in [0.15, 0.2) is 33.9 Å². The number of methoxy groups -OCH3 is 1. The second kappa shape index (κ2) is 8.73. The van der Waals surface area contributed by atoms with Crippen LogP contribution in [0.3, 0.4) is 0 Å². The van der Waals surface area contributed by atoms with Crippen LogP contribution in [0.4, 0.5) is 0 Å². The zero-order valence-electron chi connectivity index (χ0n) is 15.2. The molecular weight excluding hydrogens is 324 g/mol. The Balaban J connectivity index is 2.46. The van der Waals surface area contributed by atoms with E-state index < -0.39 is 6.10 Å². The second-order valence-corrected chi connectivity index (χ2v) is 5.87. The van der Waals surface area contributed by atoms with E-state index >= 15 is 0 Å². The SMILES string of the molecule is C=C[C@@H](c1onc(OCCCC)c1[C@H](O)c1occc1OC)N(C)C. The van der Waals surface area contributed by atoms with E-state index in [1.807, 2.05) is 19.0 Å². The Bertz CT molecular complexity index is 677. The van der Waals surface area contributed by atoms with Gasteiger partial charge in [-0.1, -0.05) is 19.4 Å². The number of aromatic nitrogens is 1. The summed E-state index contributed by atoms with van der Waals surface area (Å²) >= 11 is 0. The minimum atomic E-state index is -1.13. The lowest BCUT2D eigenvalue weighted by Crippen LogP contribution is -2.19. The van der Waals surface area contributed by atoms with Gasteiger partial charge in [0.15, 0.2) is 17.3 Å². The van der Waals surface area contributed by atoms with Crippen LogP contribution < -0.4 is 9.47 Å². The third kappa shape index (κ3) is 4.05. The normalized spacial score (nSPS) is 13.7. The molecule has 0 spiro atoms. The van der Waals surface area contributed by atoms with Crippen molar-refractivity contribution in [1.82, 2.24) is 10.1 Å². The average Bonchev–Trinajstić information content (AvgIpc) is 3.22. The molecule has 0 amide bonds. The Labute approximate surface area is 147 Å². The highest BCUT2D eigenvalue weighted by atomic mass is 16.5. The molecule has 2 rings (SSSR count). The van der Waals surface area contributed by atoms with Gasteiger partial charge < -0.3 is 23.5 Å². The zero-order valence-corrected chi connectivity index (χ0v) is 15.2. The topological polar surface area (TPSA) is 81.1 Å². The van der Waals surface area contributed by atoms with Gasteiger partial charge in [0.05, 0.1) is 31.6 Å². The van der Waals surface area contributed by atoms with Gasteiger partial charge in [-0.05, 0) is 25.7 Å². The smallest absolute Gasteiger partial charge is 0.260 e. The van der Waals surface area contributed by atoms with Crippen LogP contribution in [0.25, 0.3) is 0 Å². The van der Waals surface area contributed by atoms with Crippen molar-refractivity contribution in [2.24, 2.45) is 0 Å². The maximum Gasteiger partial charge on any atom is 0.260 e. The Kier molecular flexibility index (Phi) is 6.66. The average molecular weight is 350 g/mol. The molecular formula is C18H26N2O5. The number of hydrogen-bond acceptors (Lipinski definition) is 7. The van der Waals surface area contributed by atoms with Crippen molar-refractivity contribution in [3.8, 4) is 11.6 Å². The highest BCUT2D eigenvalue weighted by molar-refractivity contribution is 5.41. The van der Waals surface area contributed by atoms with Crippen molar-refractivity contribution in [2.45, 2.75) is 31.9 Å². The van der Waals surface area contributed by atoms with Crippen molar-refractivity contribution < 1.29 is 23.5 Å². The molecule has 0 aliphatic heterocycles. The number of aliphatic hydroxyl groups is 1. The molecule has 0 aromatic carbocycles. The molecule has 7 nitrogen and oxygen atoms in total. The van der Waals surface area contributed by atoms with E-state index in [0.29, 0.717) is 23.7 Å². The van der Waals surface area contributed by atoms with E-state index in [9.17, 15) is 5.11 Å². The third-order valence-electron chi connectivity index (χ3n) is 3.91. The van der Waals surface area contributed by atoms with Crippen molar-refractivity contribution in [1.29, 1.82) is 0 Å². The number of likely N-dealkylation sites (N-methyl/N-ethyl adjacent to an activating group) is 1. The van der Waals surface area contributed by atoms with Gasteiger partial charge in [-0.2, -0.15) is 0 Å². The molecule has 138 valence electrons. The van der Waals surface area contributed by atoms with Gasteiger partial charge in [-0.3, -0.25) is 4.90 Å². The molecule has 2 aromatic rings. The molecule has 0 unspecified atom stereocenters. The minimum absolute atomic E-state index is 0.253. The van der Waals surface area contributed by atoms with Gasteiger partial charge in [0.25, 0.3) is 5.88 Å². The number of furan rings is 1. The van der Waals surface area contributed by atoms with Gasteiger partial charge in [-0.25, -0.2) is 0 Å². The van der Waals surface area contributed by atoms with Crippen LogP contribution in [-0.2, 0) is 0 Å². The first-order chi connectivity index (χ1) is 12.0. The molecule has 2 heterocycles. The monoisotopic (exact) mass is 350 g/mol. The van der Waals surface area contributed by atoms with E-state index in [0.717, 1.165) is 12.8 Å². The van der Waals surface area contributed by atoms with Crippen LogP contribution >= 0.6 is 0 Å². The van der Waals surface area contributed by atoms with Gasteiger partial charge in [0, 0.05) is 6.07 Å². The summed E-state index contributed by atoms with van der Waals surface area (Å²) in [6.07, 6.45) is 3.90. The van der Waals surface area contributed by atoms with Crippen molar-refractivity contribution in [2.75, 3.05) is 27.8 Å². The fourth-order valence-electron chi connectivity index (χ4n) is 2.54. The molecule has 0 bridgehead atoms. The first-order valence-electron chi connectivity index (χ1n) is 8.25. The first kappa shape index (κ1) is 19.1. The Morgan fingerprint density at radius 1 is 1.40 bits per heavy atom. The summed E-state index contributed by atoms with van der Waals surface area (Å²) in [5.74, 6) is 1.42. The maximum atomic E-state index is 10.9. The summed E-state index contributed by atoms with van der Waals surface area (Å²) in [6.45, 7) is 6.39. The molecule has 0 aliphatic rings. The number of ether oxygens (including phenoxy) is 2. The number of nitrogens with zero attached hydrogens (tertiary/aromatic N) is 2. The molecule has 25 heavy (non-hydrogen) atoms. The predicted molar refractivity (Wildman–Crippen MR) is 92.9 cm³/mol. The van der Waals surface area contributed by atoms with Crippen molar-refractivity contribution >= 4 is 0 Å². The first-order valence-corrected chi connectivity index (χ1v) is 8.25. The summed E-state index contributed by atoms with van der Waals surface area (Å²) < 4.78 is 21.9. The summed E-state index contributed by atoms with van der Waals surface area (Å²) in [4.78, 5) is 1.90. The highest BCUT2D eigenvalue weighted by Crippen LogP contribution is 2.40. The lowest BCUT2D eigenvalue weighted by atomic mass is 10.0. The van der Waals surface area contributed by atoms with Crippen LogP contribution in [0, 0.1) is 0 Å². The van der Waals surface area contributed by atoms with Crippen LogP contribution in [-0.4, -0.2) is 43.0 Å². The summed E-state index contributed by atoms with van der Waals surface area (Å²) in [5, 5.41) is 14.9. The molecule has 0 aliphatic carbocycles. The Morgan fingerprint density at radius 2 is 2.16 bits per heavy atom. The fraction of sp³-hybridized carbons (Fsp3) is 0.500. The number of unbranched alkanes of at least 4 members (excludes halogenated alkanes) is 1. The number of rotatable bonds is 10. The standard InChI is InChI=1S/C18H26N2O5/c1-6-8-10-24-18-14(15(21)17-13(22-5)9-11-23-17)16(25-19-18)12(7-2)20(3)4/h7,9,11-12,15,21H,2,6,8,10H2,1,3-5H3/t12-,15-/m0/s1. The van der Waals surface area contributed by atoms with Gasteiger partial charge >= 0.3 is 0 Å². The highest BCUT2D eigenvalue weighted by Gasteiger charge is 2.33.